The van der Waals surface area contributed by atoms with E-state index in [1.54, 1.807) is 12.1 Å². The predicted molar refractivity (Wildman–Crippen MR) is 78.1 cm³/mol. The van der Waals surface area contributed by atoms with E-state index in [9.17, 15) is 8.78 Å². The van der Waals surface area contributed by atoms with Crippen molar-refractivity contribution in [2.45, 2.75) is 6.04 Å². The first-order valence-electron chi connectivity index (χ1n) is 5.68. The quantitative estimate of drug-likeness (QED) is 0.820. The smallest absolute Gasteiger partial charge is 0.148 e. The van der Waals surface area contributed by atoms with Gasteiger partial charge in [-0.3, -0.25) is 0 Å². The number of rotatable bonds is 3. The maximum absolute atomic E-state index is 14.2. The van der Waals surface area contributed by atoms with E-state index in [4.69, 9.17) is 22.1 Å². The van der Waals surface area contributed by atoms with Gasteiger partial charge in [0.1, 0.15) is 17.4 Å². The van der Waals surface area contributed by atoms with Crippen molar-refractivity contribution in [2.75, 3.05) is 7.11 Å². The van der Waals surface area contributed by atoms with Crippen molar-refractivity contribution in [3.05, 3.63) is 62.6 Å². The molecule has 0 fully saturated rings. The summed E-state index contributed by atoms with van der Waals surface area (Å²) in [5, 5.41) is -0.0896. The molecule has 2 aromatic carbocycles. The Morgan fingerprint density at radius 2 is 1.95 bits per heavy atom. The highest BCUT2D eigenvalue weighted by Gasteiger charge is 2.23. The molecule has 1 unspecified atom stereocenters. The van der Waals surface area contributed by atoms with Crippen LogP contribution in [-0.2, 0) is 0 Å². The Hall–Kier alpha value is -1.17. The number of hydrogen-bond donors (Lipinski definition) is 1. The normalized spacial score (nSPS) is 12.3. The summed E-state index contributed by atoms with van der Waals surface area (Å²) in [7, 11) is 1.40. The third-order valence-corrected chi connectivity index (χ3v) is 4.20. The van der Waals surface area contributed by atoms with Crippen molar-refractivity contribution in [3.63, 3.8) is 0 Å². The highest BCUT2D eigenvalue weighted by atomic mass is 79.9. The largest absolute Gasteiger partial charge is 0.496 e. The molecule has 0 aliphatic heterocycles. The van der Waals surface area contributed by atoms with E-state index >= 15 is 0 Å². The Balaban J connectivity index is 2.58. The molecule has 0 radical (unpaired) electrons. The molecule has 0 saturated heterocycles. The van der Waals surface area contributed by atoms with Gasteiger partial charge in [-0.15, -0.1) is 0 Å². The maximum Gasteiger partial charge on any atom is 0.148 e. The Morgan fingerprint density at radius 1 is 1.25 bits per heavy atom. The minimum Gasteiger partial charge on any atom is -0.496 e. The Kier molecular flexibility index (Phi) is 4.62. The second-order valence-corrected chi connectivity index (χ2v) is 5.33. The van der Waals surface area contributed by atoms with Gasteiger partial charge < -0.3 is 10.5 Å². The molecule has 0 aromatic heterocycles. The van der Waals surface area contributed by atoms with Crippen LogP contribution < -0.4 is 10.5 Å². The first-order valence-corrected chi connectivity index (χ1v) is 6.85. The van der Waals surface area contributed by atoms with Crippen molar-refractivity contribution < 1.29 is 13.5 Å². The highest BCUT2D eigenvalue weighted by molar-refractivity contribution is 9.10. The fourth-order valence-electron chi connectivity index (χ4n) is 1.93. The van der Waals surface area contributed by atoms with E-state index in [0.717, 1.165) is 0 Å². The number of hydrogen-bond acceptors (Lipinski definition) is 2. The summed E-state index contributed by atoms with van der Waals surface area (Å²) < 4.78 is 33.6. The van der Waals surface area contributed by atoms with E-state index in [1.165, 1.54) is 25.3 Å². The lowest BCUT2D eigenvalue weighted by Crippen LogP contribution is -2.16. The van der Waals surface area contributed by atoms with Crippen molar-refractivity contribution >= 4 is 27.5 Å². The van der Waals surface area contributed by atoms with Crippen LogP contribution in [0.15, 0.2) is 34.8 Å². The van der Waals surface area contributed by atoms with E-state index in [-0.39, 0.29) is 21.9 Å². The number of benzene rings is 2. The summed E-state index contributed by atoms with van der Waals surface area (Å²) in [6.07, 6.45) is 0. The molecule has 2 N–H and O–H groups in total. The van der Waals surface area contributed by atoms with Crippen molar-refractivity contribution in [1.29, 1.82) is 0 Å². The van der Waals surface area contributed by atoms with Crippen LogP contribution in [0.2, 0.25) is 5.02 Å². The molecule has 0 aliphatic rings. The SMILES string of the molecule is COc1cccc(F)c1C(N)c1ccc(Br)c(Cl)c1F. The zero-order chi connectivity index (χ0) is 14.9. The third-order valence-electron chi connectivity index (χ3n) is 2.94. The van der Waals surface area contributed by atoms with Gasteiger partial charge in [0.2, 0.25) is 0 Å². The molecule has 2 aromatic rings. The molecular formula is C14H11BrClF2NO. The first kappa shape index (κ1) is 15.2. The van der Waals surface area contributed by atoms with Gasteiger partial charge in [-0.25, -0.2) is 8.78 Å². The summed E-state index contributed by atoms with van der Waals surface area (Å²) in [5.74, 6) is -0.981. The van der Waals surface area contributed by atoms with Gasteiger partial charge in [-0.2, -0.15) is 0 Å². The molecule has 106 valence electrons. The molecular weight excluding hydrogens is 352 g/mol. The van der Waals surface area contributed by atoms with Crippen LogP contribution >= 0.6 is 27.5 Å². The third kappa shape index (κ3) is 2.66. The van der Waals surface area contributed by atoms with Gasteiger partial charge >= 0.3 is 0 Å². The lowest BCUT2D eigenvalue weighted by atomic mass is 9.97. The highest BCUT2D eigenvalue weighted by Crippen LogP contribution is 2.35. The molecule has 2 nitrogen and oxygen atoms in total. The van der Waals surface area contributed by atoms with Gasteiger partial charge in [0.25, 0.3) is 0 Å². The van der Waals surface area contributed by atoms with Crippen LogP contribution in [-0.4, -0.2) is 7.11 Å². The second-order valence-electron chi connectivity index (χ2n) is 4.10. The molecule has 0 amide bonds. The van der Waals surface area contributed by atoms with Crippen molar-refractivity contribution in [3.8, 4) is 5.75 Å². The standard InChI is InChI=1S/C14H11BrClF2NO/c1-20-10-4-2-3-9(17)11(10)14(19)7-5-6-8(15)12(16)13(7)18/h2-6,14H,19H2,1H3. The summed E-state index contributed by atoms with van der Waals surface area (Å²) in [6, 6.07) is 6.31. The van der Waals surface area contributed by atoms with Crippen LogP contribution in [0, 0.1) is 11.6 Å². The molecule has 6 heteroatoms. The summed E-state index contributed by atoms with van der Waals surface area (Å²) in [5.41, 5.74) is 6.17. The summed E-state index contributed by atoms with van der Waals surface area (Å²) in [4.78, 5) is 0. The maximum atomic E-state index is 14.2. The molecule has 0 bridgehead atoms. The zero-order valence-corrected chi connectivity index (χ0v) is 12.8. The van der Waals surface area contributed by atoms with Gasteiger partial charge in [-0.1, -0.05) is 23.7 Å². The minimum absolute atomic E-state index is 0.0896. The van der Waals surface area contributed by atoms with Crippen molar-refractivity contribution in [2.24, 2.45) is 5.73 Å². The van der Waals surface area contributed by atoms with E-state index in [1.807, 2.05) is 0 Å². The molecule has 0 aliphatic carbocycles. The van der Waals surface area contributed by atoms with Crippen LogP contribution in [0.25, 0.3) is 0 Å². The number of halogens is 4. The zero-order valence-electron chi connectivity index (χ0n) is 10.5. The van der Waals surface area contributed by atoms with Crippen LogP contribution in [0.3, 0.4) is 0 Å². The molecule has 0 heterocycles. The fourth-order valence-corrected chi connectivity index (χ4v) is 2.41. The molecule has 0 spiro atoms. The topological polar surface area (TPSA) is 35.2 Å². The number of methoxy groups -OCH3 is 1. The lowest BCUT2D eigenvalue weighted by molar-refractivity contribution is 0.401. The molecule has 1 atom stereocenters. The monoisotopic (exact) mass is 361 g/mol. The Bertz CT molecular complexity index is 651. The average Bonchev–Trinajstić information content (AvgIpc) is 2.44. The summed E-state index contributed by atoms with van der Waals surface area (Å²) >= 11 is 8.94. The van der Waals surface area contributed by atoms with Gasteiger partial charge in [0.15, 0.2) is 0 Å². The number of nitrogens with two attached hydrogens (primary N) is 1. The Labute approximate surface area is 128 Å². The molecule has 0 saturated carbocycles. The van der Waals surface area contributed by atoms with Gasteiger partial charge in [0, 0.05) is 10.0 Å². The van der Waals surface area contributed by atoms with Crippen molar-refractivity contribution in [1.82, 2.24) is 0 Å². The lowest BCUT2D eigenvalue weighted by Gasteiger charge is -2.18. The number of ether oxygens (including phenoxy) is 1. The molecule has 2 rings (SSSR count). The molecule has 20 heavy (non-hydrogen) atoms. The first-order chi connectivity index (χ1) is 9.47. The van der Waals surface area contributed by atoms with Gasteiger partial charge in [0.05, 0.1) is 23.7 Å². The van der Waals surface area contributed by atoms with Crippen LogP contribution in [0.5, 0.6) is 5.75 Å². The van der Waals surface area contributed by atoms with E-state index < -0.39 is 17.7 Å². The summed E-state index contributed by atoms with van der Waals surface area (Å²) in [6.45, 7) is 0. The van der Waals surface area contributed by atoms with E-state index in [0.29, 0.717) is 4.47 Å². The van der Waals surface area contributed by atoms with E-state index in [2.05, 4.69) is 15.9 Å². The minimum atomic E-state index is -1.02. The fraction of sp³-hybridized carbons (Fsp3) is 0.143. The van der Waals surface area contributed by atoms with Crippen LogP contribution in [0.4, 0.5) is 8.78 Å². The Morgan fingerprint density at radius 3 is 2.60 bits per heavy atom. The van der Waals surface area contributed by atoms with Crippen LogP contribution in [0.1, 0.15) is 17.2 Å². The second kappa shape index (κ2) is 6.08. The van der Waals surface area contributed by atoms with Gasteiger partial charge in [-0.05, 0) is 34.1 Å². The predicted octanol–water partition coefficient (Wildman–Crippen LogP) is 4.44. The average molecular weight is 363 g/mol.